The van der Waals surface area contributed by atoms with Gasteiger partial charge in [-0.05, 0) is 32.0 Å². The first-order valence-electron chi connectivity index (χ1n) is 5.98. The molecule has 0 unspecified atom stereocenters. The molecule has 0 N–H and O–H groups in total. The highest BCUT2D eigenvalue weighted by atomic mass is 79.9. The van der Waals surface area contributed by atoms with Crippen molar-refractivity contribution < 1.29 is 18.6 Å². The molecule has 1 rings (SSSR count). The first-order valence-corrected chi connectivity index (χ1v) is 6.77. The van der Waals surface area contributed by atoms with Gasteiger partial charge in [0.2, 0.25) is 0 Å². The Morgan fingerprint density at radius 3 is 2.50 bits per heavy atom. The third-order valence-corrected chi connectivity index (χ3v) is 2.70. The summed E-state index contributed by atoms with van der Waals surface area (Å²) in [5.41, 5.74) is 0. The molecule has 102 valence electrons. The Morgan fingerprint density at radius 2 is 1.89 bits per heavy atom. The van der Waals surface area contributed by atoms with Crippen molar-refractivity contribution >= 4 is 15.9 Å². The zero-order chi connectivity index (χ0) is 13.4. The molecule has 3 nitrogen and oxygen atoms in total. The molecule has 0 saturated heterocycles. The lowest BCUT2D eigenvalue weighted by atomic mass is 10.3. The van der Waals surface area contributed by atoms with Gasteiger partial charge in [-0.15, -0.1) is 0 Å². The van der Waals surface area contributed by atoms with Gasteiger partial charge in [-0.2, -0.15) is 0 Å². The molecule has 0 saturated carbocycles. The summed E-state index contributed by atoms with van der Waals surface area (Å²) in [5, 5.41) is 0. The summed E-state index contributed by atoms with van der Waals surface area (Å²) < 4.78 is 30.3. The molecule has 0 radical (unpaired) electrons. The minimum atomic E-state index is -0.373. The van der Waals surface area contributed by atoms with E-state index in [-0.39, 0.29) is 17.9 Å². The number of hydrogen-bond donors (Lipinski definition) is 0. The second-order valence-corrected chi connectivity index (χ2v) is 4.47. The first-order chi connectivity index (χ1) is 8.67. The molecule has 0 heterocycles. The average molecular weight is 321 g/mol. The first kappa shape index (κ1) is 15.4. The Hall–Kier alpha value is -0.650. The highest BCUT2D eigenvalue weighted by Gasteiger charge is 2.09. The third kappa shape index (κ3) is 5.33. The van der Waals surface area contributed by atoms with Crippen LogP contribution in [-0.2, 0) is 9.47 Å². The van der Waals surface area contributed by atoms with Crippen LogP contribution in [0.4, 0.5) is 4.39 Å². The van der Waals surface area contributed by atoms with Crippen LogP contribution in [0.5, 0.6) is 5.75 Å². The van der Waals surface area contributed by atoms with Gasteiger partial charge in [0.1, 0.15) is 0 Å². The molecule has 0 aliphatic carbocycles. The number of halogens is 2. The molecule has 5 heteroatoms. The van der Waals surface area contributed by atoms with E-state index in [0.717, 1.165) is 4.47 Å². The molecule has 0 spiro atoms. The van der Waals surface area contributed by atoms with Gasteiger partial charge in [0.25, 0.3) is 0 Å². The zero-order valence-corrected chi connectivity index (χ0v) is 12.2. The SMILES string of the molecule is CCOC(CCOc1cc(Br)ccc1F)OCC. The summed E-state index contributed by atoms with van der Waals surface area (Å²) in [6, 6.07) is 4.60. The fourth-order valence-electron chi connectivity index (χ4n) is 1.44. The second-order valence-electron chi connectivity index (χ2n) is 3.55. The Bertz CT molecular complexity index is 354. The Kier molecular flexibility index (Phi) is 7.23. The molecule has 1 aromatic rings. The van der Waals surface area contributed by atoms with Gasteiger partial charge in [-0.1, -0.05) is 15.9 Å². The molecule has 18 heavy (non-hydrogen) atoms. The second kappa shape index (κ2) is 8.45. The normalized spacial score (nSPS) is 10.9. The van der Waals surface area contributed by atoms with E-state index in [0.29, 0.717) is 26.2 Å². The van der Waals surface area contributed by atoms with Crippen LogP contribution in [0.1, 0.15) is 20.3 Å². The molecule has 0 atom stereocenters. The van der Waals surface area contributed by atoms with E-state index < -0.39 is 0 Å². The van der Waals surface area contributed by atoms with Crippen LogP contribution in [0.2, 0.25) is 0 Å². The molecule has 0 amide bonds. The van der Waals surface area contributed by atoms with Crippen molar-refractivity contribution in [1.82, 2.24) is 0 Å². The minimum Gasteiger partial charge on any atom is -0.490 e. The van der Waals surface area contributed by atoms with E-state index in [1.54, 1.807) is 12.1 Å². The van der Waals surface area contributed by atoms with Crippen molar-refractivity contribution in [2.24, 2.45) is 0 Å². The Balaban J connectivity index is 2.41. The summed E-state index contributed by atoms with van der Waals surface area (Å²) in [6.45, 7) is 5.31. The number of hydrogen-bond acceptors (Lipinski definition) is 3. The highest BCUT2D eigenvalue weighted by Crippen LogP contribution is 2.22. The van der Waals surface area contributed by atoms with Crippen LogP contribution in [0.3, 0.4) is 0 Å². The maximum absolute atomic E-state index is 13.4. The van der Waals surface area contributed by atoms with Crippen molar-refractivity contribution in [3.05, 3.63) is 28.5 Å². The van der Waals surface area contributed by atoms with Gasteiger partial charge < -0.3 is 14.2 Å². The largest absolute Gasteiger partial charge is 0.490 e. The molecular weight excluding hydrogens is 303 g/mol. The van der Waals surface area contributed by atoms with E-state index in [1.165, 1.54) is 6.07 Å². The monoisotopic (exact) mass is 320 g/mol. The van der Waals surface area contributed by atoms with E-state index >= 15 is 0 Å². The Morgan fingerprint density at radius 1 is 1.22 bits per heavy atom. The lowest BCUT2D eigenvalue weighted by Crippen LogP contribution is -2.20. The third-order valence-electron chi connectivity index (χ3n) is 2.21. The fraction of sp³-hybridized carbons (Fsp3) is 0.538. The van der Waals surface area contributed by atoms with Gasteiger partial charge >= 0.3 is 0 Å². The molecule has 0 fully saturated rings. The van der Waals surface area contributed by atoms with Crippen molar-refractivity contribution in [3.8, 4) is 5.75 Å². The van der Waals surface area contributed by atoms with Gasteiger partial charge in [0.05, 0.1) is 6.61 Å². The predicted molar refractivity (Wildman–Crippen MR) is 71.3 cm³/mol. The van der Waals surface area contributed by atoms with Crippen molar-refractivity contribution in [2.45, 2.75) is 26.6 Å². The molecule has 0 aliphatic rings. The standard InChI is InChI=1S/C13H18BrFO3/c1-3-16-13(17-4-2)7-8-18-12-9-10(14)5-6-11(12)15/h5-6,9,13H,3-4,7-8H2,1-2H3. The molecular formula is C13H18BrFO3. The van der Waals surface area contributed by atoms with Gasteiger partial charge in [-0.3, -0.25) is 0 Å². The minimum absolute atomic E-state index is 0.233. The van der Waals surface area contributed by atoms with E-state index in [1.807, 2.05) is 13.8 Å². The molecule has 0 bridgehead atoms. The summed E-state index contributed by atoms with van der Waals surface area (Å²) >= 11 is 3.27. The topological polar surface area (TPSA) is 27.7 Å². The van der Waals surface area contributed by atoms with Crippen LogP contribution >= 0.6 is 15.9 Å². The van der Waals surface area contributed by atoms with Gasteiger partial charge in [-0.25, -0.2) is 4.39 Å². The maximum atomic E-state index is 13.4. The summed E-state index contributed by atoms with van der Waals surface area (Å²) in [6.07, 6.45) is 0.267. The molecule has 0 aromatic heterocycles. The van der Waals surface area contributed by atoms with Crippen molar-refractivity contribution in [3.63, 3.8) is 0 Å². The predicted octanol–water partition coefficient (Wildman–Crippen LogP) is 3.76. The van der Waals surface area contributed by atoms with E-state index in [2.05, 4.69) is 15.9 Å². The van der Waals surface area contributed by atoms with Crippen LogP contribution in [-0.4, -0.2) is 26.1 Å². The van der Waals surface area contributed by atoms with E-state index in [9.17, 15) is 4.39 Å². The number of rotatable bonds is 8. The van der Waals surface area contributed by atoms with Crippen molar-refractivity contribution in [1.29, 1.82) is 0 Å². The summed E-state index contributed by atoms with van der Waals surface area (Å²) in [7, 11) is 0. The summed E-state index contributed by atoms with van der Waals surface area (Å²) in [5.74, 6) is -0.140. The summed E-state index contributed by atoms with van der Waals surface area (Å²) in [4.78, 5) is 0. The van der Waals surface area contributed by atoms with Gasteiger partial charge in [0.15, 0.2) is 17.9 Å². The smallest absolute Gasteiger partial charge is 0.165 e. The van der Waals surface area contributed by atoms with Gasteiger partial charge in [0, 0.05) is 24.1 Å². The fourth-order valence-corrected chi connectivity index (χ4v) is 1.78. The lowest BCUT2D eigenvalue weighted by Gasteiger charge is -2.17. The maximum Gasteiger partial charge on any atom is 0.165 e. The number of benzene rings is 1. The van der Waals surface area contributed by atoms with Crippen LogP contribution in [0.25, 0.3) is 0 Å². The highest BCUT2D eigenvalue weighted by molar-refractivity contribution is 9.10. The van der Waals surface area contributed by atoms with E-state index in [4.69, 9.17) is 14.2 Å². The van der Waals surface area contributed by atoms with Crippen LogP contribution in [0, 0.1) is 5.82 Å². The lowest BCUT2D eigenvalue weighted by molar-refractivity contribution is -0.142. The quantitative estimate of drug-likeness (QED) is 0.683. The molecule has 0 aliphatic heterocycles. The average Bonchev–Trinajstić information content (AvgIpc) is 2.34. The van der Waals surface area contributed by atoms with Crippen LogP contribution in [0.15, 0.2) is 22.7 Å². The Labute approximate surface area is 115 Å². The molecule has 1 aromatic carbocycles. The van der Waals surface area contributed by atoms with Crippen LogP contribution < -0.4 is 4.74 Å². The number of ether oxygens (including phenoxy) is 3. The van der Waals surface area contributed by atoms with Crippen molar-refractivity contribution in [2.75, 3.05) is 19.8 Å². The zero-order valence-electron chi connectivity index (χ0n) is 10.6.